The van der Waals surface area contributed by atoms with Crippen molar-refractivity contribution in [2.24, 2.45) is 5.73 Å². The first kappa shape index (κ1) is 23.3. The monoisotopic (exact) mass is 436 g/mol. The van der Waals surface area contributed by atoms with Crippen molar-refractivity contribution < 1.29 is 23.5 Å². The van der Waals surface area contributed by atoms with Crippen molar-refractivity contribution in [2.45, 2.75) is 33.3 Å². The molecule has 1 heterocycles. The van der Waals surface area contributed by atoms with E-state index in [1.165, 1.54) is 32.2 Å². The van der Waals surface area contributed by atoms with Gasteiger partial charge < -0.3 is 25.8 Å². The van der Waals surface area contributed by atoms with Crippen LogP contribution in [0, 0.1) is 11.2 Å². The van der Waals surface area contributed by atoms with Crippen LogP contribution in [0.1, 0.15) is 27.2 Å². The summed E-state index contributed by atoms with van der Waals surface area (Å²) >= 11 is 0.967. The largest absolute Gasteiger partial charge is 0.488 e. The van der Waals surface area contributed by atoms with E-state index in [-0.39, 0.29) is 28.6 Å². The van der Waals surface area contributed by atoms with E-state index < -0.39 is 11.8 Å². The molecule has 0 saturated carbocycles. The second kappa shape index (κ2) is 10.1. The van der Waals surface area contributed by atoms with Gasteiger partial charge in [0.25, 0.3) is 0 Å². The third-order valence-corrected chi connectivity index (χ3v) is 5.34. The molecule has 0 aromatic heterocycles. The highest BCUT2D eigenvalue weighted by Gasteiger charge is 2.30. The minimum atomic E-state index is -0.538. The lowest BCUT2D eigenvalue weighted by Crippen LogP contribution is -2.26. The summed E-state index contributed by atoms with van der Waals surface area (Å²) in [5.41, 5.74) is 7.48. The van der Waals surface area contributed by atoms with Gasteiger partial charge in [-0.05, 0) is 31.6 Å². The van der Waals surface area contributed by atoms with Crippen LogP contribution in [0.25, 0.3) is 0 Å². The first-order valence-corrected chi connectivity index (χ1v) is 9.99. The third-order valence-electron chi connectivity index (χ3n) is 4.25. The van der Waals surface area contributed by atoms with Gasteiger partial charge in [-0.15, -0.1) is 0 Å². The van der Waals surface area contributed by atoms with Crippen molar-refractivity contribution in [3.05, 3.63) is 45.9 Å². The van der Waals surface area contributed by atoms with E-state index in [2.05, 4.69) is 10.6 Å². The predicted octanol–water partition coefficient (Wildman–Crippen LogP) is 2.87. The van der Waals surface area contributed by atoms with Crippen molar-refractivity contribution in [3.63, 3.8) is 0 Å². The first-order valence-electron chi connectivity index (χ1n) is 9.17. The SMILES string of the molecule is COC(=O)C1=C(C)/C(=C(/N)Nc2ccc(F)cc2OC(C)CCNC(C)=O)C(=N)S1. The molecule has 1 unspecified atom stereocenters. The van der Waals surface area contributed by atoms with E-state index in [9.17, 15) is 14.0 Å². The number of thioether (sulfide) groups is 1. The lowest BCUT2D eigenvalue weighted by Gasteiger charge is -2.19. The molecule has 1 aromatic carbocycles. The number of carbonyl (C=O) groups excluding carboxylic acids is 2. The van der Waals surface area contributed by atoms with E-state index in [1.807, 2.05) is 0 Å². The predicted molar refractivity (Wildman–Crippen MR) is 115 cm³/mol. The zero-order valence-corrected chi connectivity index (χ0v) is 18.0. The molecule has 0 radical (unpaired) electrons. The Labute approximate surface area is 178 Å². The molecule has 0 saturated heterocycles. The van der Waals surface area contributed by atoms with Crippen LogP contribution in [0.4, 0.5) is 10.1 Å². The van der Waals surface area contributed by atoms with Crippen LogP contribution in [0.5, 0.6) is 5.75 Å². The van der Waals surface area contributed by atoms with Crippen LogP contribution in [-0.2, 0) is 14.3 Å². The molecular formula is C20H25FN4O4S. The molecule has 1 aliphatic heterocycles. The molecule has 10 heteroatoms. The maximum Gasteiger partial charge on any atom is 0.345 e. The van der Waals surface area contributed by atoms with Crippen LogP contribution in [0.3, 0.4) is 0 Å². The Hall–Kier alpha value is -3.01. The fraction of sp³-hybridized carbons (Fsp3) is 0.350. The lowest BCUT2D eigenvalue weighted by molar-refractivity contribution is -0.135. The summed E-state index contributed by atoms with van der Waals surface area (Å²) in [7, 11) is 1.27. The average Bonchev–Trinajstić information content (AvgIpc) is 2.97. The average molecular weight is 437 g/mol. The van der Waals surface area contributed by atoms with Gasteiger partial charge >= 0.3 is 5.97 Å². The van der Waals surface area contributed by atoms with Crippen molar-refractivity contribution in [3.8, 4) is 5.75 Å². The smallest absolute Gasteiger partial charge is 0.345 e. The van der Waals surface area contributed by atoms with Gasteiger partial charge in [0.15, 0.2) is 0 Å². The maximum atomic E-state index is 13.8. The molecule has 0 fully saturated rings. The van der Waals surface area contributed by atoms with Crippen LogP contribution in [0.15, 0.2) is 40.1 Å². The number of esters is 1. The number of carbonyl (C=O) groups is 2. The Balaban J connectivity index is 2.25. The van der Waals surface area contributed by atoms with Crippen molar-refractivity contribution in [2.75, 3.05) is 19.0 Å². The molecule has 2 rings (SSSR count). The molecular weight excluding hydrogens is 411 g/mol. The van der Waals surface area contributed by atoms with Gasteiger partial charge in [-0.2, -0.15) is 0 Å². The summed E-state index contributed by atoms with van der Waals surface area (Å²) in [6, 6.07) is 3.96. The summed E-state index contributed by atoms with van der Waals surface area (Å²) in [6.45, 7) is 5.33. The Morgan fingerprint density at radius 3 is 2.70 bits per heavy atom. The fourth-order valence-electron chi connectivity index (χ4n) is 2.76. The fourth-order valence-corrected chi connectivity index (χ4v) is 3.75. The molecule has 5 N–H and O–H groups in total. The minimum absolute atomic E-state index is 0.103. The van der Waals surface area contributed by atoms with Gasteiger partial charge in [-0.3, -0.25) is 10.2 Å². The van der Waals surface area contributed by atoms with Crippen LogP contribution < -0.4 is 21.1 Å². The number of benzene rings is 1. The molecule has 0 spiro atoms. The van der Waals surface area contributed by atoms with Gasteiger partial charge in [0.05, 0.1) is 24.5 Å². The number of hydrogen-bond donors (Lipinski definition) is 4. The Kier molecular flexibility index (Phi) is 7.87. The zero-order valence-electron chi connectivity index (χ0n) is 17.2. The van der Waals surface area contributed by atoms with Gasteiger partial charge in [-0.25, -0.2) is 9.18 Å². The zero-order chi connectivity index (χ0) is 22.4. The maximum absolute atomic E-state index is 13.8. The molecule has 1 amide bonds. The molecule has 30 heavy (non-hydrogen) atoms. The molecule has 162 valence electrons. The van der Waals surface area contributed by atoms with E-state index in [4.69, 9.17) is 20.6 Å². The van der Waals surface area contributed by atoms with Gasteiger partial charge in [0, 0.05) is 26.0 Å². The molecule has 1 aliphatic rings. The first-order chi connectivity index (χ1) is 14.1. The number of rotatable bonds is 8. The molecule has 1 atom stereocenters. The number of amides is 1. The van der Waals surface area contributed by atoms with Gasteiger partial charge in [0.2, 0.25) is 5.91 Å². The van der Waals surface area contributed by atoms with Crippen molar-refractivity contribution in [1.29, 1.82) is 5.41 Å². The highest BCUT2D eigenvalue weighted by Crippen LogP contribution is 2.39. The summed E-state index contributed by atoms with van der Waals surface area (Å²) in [5.74, 6) is -0.790. The van der Waals surface area contributed by atoms with Crippen LogP contribution in [0.2, 0.25) is 0 Å². The normalized spacial score (nSPS) is 16.2. The van der Waals surface area contributed by atoms with Gasteiger partial charge in [-0.1, -0.05) is 11.8 Å². The summed E-state index contributed by atoms with van der Waals surface area (Å²) in [4.78, 5) is 23.1. The Morgan fingerprint density at radius 1 is 1.37 bits per heavy atom. The van der Waals surface area contributed by atoms with Crippen molar-refractivity contribution >= 4 is 34.4 Å². The quantitative estimate of drug-likeness (QED) is 0.462. The molecule has 1 aromatic rings. The molecule has 0 aliphatic carbocycles. The number of halogens is 1. The number of anilines is 1. The number of ether oxygens (including phenoxy) is 2. The second-order valence-electron chi connectivity index (χ2n) is 6.63. The number of allylic oxidation sites excluding steroid dienone is 1. The molecule has 0 bridgehead atoms. The summed E-state index contributed by atoms with van der Waals surface area (Å²) in [5, 5.41) is 13.9. The topological polar surface area (TPSA) is 127 Å². The Morgan fingerprint density at radius 2 is 2.07 bits per heavy atom. The number of hydrogen-bond acceptors (Lipinski definition) is 8. The number of nitrogens with two attached hydrogens (primary N) is 1. The number of methoxy groups -OCH3 is 1. The van der Waals surface area contributed by atoms with E-state index >= 15 is 0 Å². The highest BCUT2D eigenvalue weighted by atomic mass is 32.2. The van der Waals surface area contributed by atoms with E-state index in [0.717, 1.165) is 11.8 Å². The van der Waals surface area contributed by atoms with Crippen molar-refractivity contribution in [1.82, 2.24) is 5.32 Å². The third kappa shape index (κ3) is 5.76. The minimum Gasteiger partial charge on any atom is -0.488 e. The van der Waals surface area contributed by atoms with E-state index in [0.29, 0.717) is 34.7 Å². The van der Waals surface area contributed by atoms with Gasteiger partial charge in [0.1, 0.15) is 27.3 Å². The number of nitrogens with one attached hydrogen (secondary N) is 3. The highest BCUT2D eigenvalue weighted by molar-refractivity contribution is 8.18. The second-order valence-corrected chi connectivity index (χ2v) is 7.65. The Bertz CT molecular complexity index is 929. The summed E-state index contributed by atoms with van der Waals surface area (Å²) in [6.07, 6.45) is 0.221. The van der Waals surface area contributed by atoms with Crippen LogP contribution >= 0.6 is 11.8 Å². The summed E-state index contributed by atoms with van der Waals surface area (Å²) < 4.78 is 24.4. The lowest BCUT2D eigenvalue weighted by atomic mass is 10.1. The van der Waals surface area contributed by atoms with E-state index in [1.54, 1.807) is 13.8 Å². The standard InChI is InChI=1S/C20H25FN4O4S/c1-10(7-8-24-12(3)26)29-15-9-13(21)5-6-14(15)25-18(22)16-11(2)17(20(27)28-4)30-19(16)23/h5-6,9-10,23,25H,7-8,22H2,1-4H3,(H,24,26)/b18-16+,23-19?. The molecule has 8 nitrogen and oxygen atoms in total. The van der Waals surface area contributed by atoms with Crippen LogP contribution in [-0.4, -0.2) is 36.7 Å².